The van der Waals surface area contributed by atoms with E-state index in [0.717, 1.165) is 18.9 Å². The molecule has 1 aliphatic heterocycles. The Morgan fingerprint density at radius 3 is 2.76 bits per heavy atom. The zero-order chi connectivity index (χ0) is 18.1. The SMILES string of the molecule is C=CCOC(C)C(=O)OCC(=O)Nc1ccc(N2CCCCC2)nc1. The van der Waals surface area contributed by atoms with Gasteiger partial charge in [-0.05, 0) is 38.3 Å². The van der Waals surface area contributed by atoms with Crippen LogP contribution in [0.4, 0.5) is 11.5 Å². The third-order valence-corrected chi connectivity index (χ3v) is 3.85. The van der Waals surface area contributed by atoms with Crippen molar-refractivity contribution in [2.24, 2.45) is 0 Å². The highest BCUT2D eigenvalue weighted by Gasteiger charge is 2.16. The number of hydrogen-bond donors (Lipinski definition) is 1. The second-order valence-electron chi connectivity index (χ2n) is 5.87. The van der Waals surface area contributed by atoms with Gasteiger partial charge in [0.2, 0.25) is 0 Å². The first kappa shape index (κ1) is 18.9. The van der Waals surface area contributed by atoms with Gasteiger partial charge < -0.3 is 19.7 Å². The number of rotatable bonds is 8. The Balaban J connectivity index is 1.76. The Hall–Kier alpha value is -2.41. The first-order chi connectivity index (χ1) is 12.1. The summed E-state index contributed by atoms with van der Waals surface area (Å²) in [5.74, 6) is -0.0929. The largest absolute Gasteiger partial charge is 0.454 e. The van der Waals surface area contributed by atoms with Crippen molar-refractivity contribution in [1.29, 1.82) is 0 Å². The average Bonchev–Trinajstić information content (AvgIpc) is 2.65. The number of anilines is 2. The minimum atomic E-state index is -0.740. The minimum Gasteiger partial charge on any atom is -0.454 e. The van der Waals surface area contributed by atoms with Gasteiger partial charge in [-0.2, -0.15) is 0 Å². The predicted octanol–water partition coefficient (Wildman–Crippen LogP) is 2.14. The fourth-order valence-electron chi connectivity index (χ4n) is 2.50. The van der Waals surface area contributed by atoms with E-state index in [9.17, 15) is 9.59 Å². The van der Waals surface area contributed by atoms with Crippen LogP contribution < -0.4 is 10.2 Å². The molecule has 0 saturated carbocycles. The van der Waals surface area contributed by atoms with Gasteiger partial charge in [-0.15, -0.1) is 6.58 Å². The van der Waals surface area contributed by atoms with Gasteiger partial charge in [0.25, 0.3) is 5.91 Å². The molecule has 1 amide bonds. The van der Waals surface area contributed by atoms with Crippen LogP contribution in [0.25, 0.3) is 0 Å². The van der Waals surface area contributed by atoms with Gasteiger partial charge in [0.1, 0.15) is 5.82 Å². The molecule has 7 nitrogen and oxygen atoms in total. The molecule has 1 saturated heterocycles. The first-order valence-electron chi connectivity index (χ1n) is 8.50. The summed E-state index contributed by atoms with van der Waals surface area (Å²) in [7, 11) is 0. The van der Waals surface area contributed by atoms with Gasteiger partial charge in [0.05, 0.1) is 18.5 Å². The van der Waals surface area contributed by atoms with Gasteiger partial charge in [-0.3, -0.25) is 4.79 Å². The van der Waals surface area contributed by atoms with Crippen LogP contribution in [0.3, 0.4) is 0 Å². The maximum atomic E-state index is 11.9. The molecule has 2 rings (SSSR count). The Morgan fingerprint density at radius 2 is 2.12 bits per heavy atom. The highest BCUT2D eigenvalue weighted by molar-refractivity contribution is 5.92. The minimum absolute atomic E-state index is 0.248. The van der Waals surface area contributed by atoms with E-state index in [0.29, 0.717) is 5.69 Å². The molecule has 1 fully saturated rings. The van der Waals surface area contributed by atoms with E-state index in [-0.39, 0.29) is 13.2 Å². The van der Waals surface area contributed by atoms with Crippen molar-refractivity contribution in [1.82, 2.24) is 4.98 Å². The molecule has 7 heteroatoms. The van der Waals surface area contributed by atoms with Crippen molar-refractivity contribution in [2.45, 2.75) is 32.3 Å². The Morgan fingerprint density at radius 1 is 1.36 bits per heavy atom. The number of piperidine rings is 1. The fourth-order valence-corrected chi connectivity index (χ4v) is 2.50. The van der Waals surface area contributed by atoms with Crippen molar-refractivity contribution >= 4 is 23.4 Å². The van der Waals surface area contributed by atoms with E-state index < -0.39 is 18.0 Å². The molecule has 25 heavy (non-hydrogen) atoms. The number of esters is 1. The summed E-state index contributed by atoms with van der Waals surface area (Å²) in [4.78, 5) is 30.1. The van der Waals surface area contributed by atoms with Crippen molar-refractivity contribution in [3.63, 3.8) is 0 Å². The second-order valence-corrected chi connectivity index (χ2v) is 5.87. The van der Waals surface area contributed by atoms with Crippen LogP contribution in [0.2, 0.25) is 0 Å². The van der Waals surface area contributed by atoms with Crippen molar-refractivity contribution in [3.8, 4) is 0 Å². The number of aromatic nitrogens is 1. The number of nitrogens with zero attached hydrogens (tertiary/aromatic N) is 2. The lowest BCUT2D eigenvalue weighted by atomic mass is 10.1. The Bertz CT molecular complexity index is 582. The summed E-state index contributed by atoms with van der Waals surface area (Å²) in [6.45, 7) is 6.97. The predicted molar refractivity (Wildman–Crippen MR) is 95.5 cm³/mol. The lowest BCUT2D eigenvalue weighted by molar-refractivity contribution is -0.157. The molecule has 1 unspecified atom stereocenters. The van der Waals surface area contributed by atoms with Gasteiger partial charge in [-0.25, -0.2) is 9.78 Å². The van der Waals surface area contributed by atoms with Gasteiger partial charge >= 0.3 is 5.97 Å². The van der Waals surface area contributed by atoms with Crippen LogP contribution in [-0.4, -0.2) is 49.3 Å². The van der Waals surface area contributed by atoms with Crippen LogP contribution in [0.1, 0.15) is 26.2 Å². The molecule has 0 aliphatic carbocycles. The third kappa shape index (κ3) is 6.19. The van der Waals surface area contributed by atoms with Crippen molar-refractivity contribution in [2.75, 3.05) is 36.5 Å². The summed E-state index contributed by atoms with van der Waals surface area (Å²) in [6.07, 6.45) is 6.04. The van der Waals surface area contributed by atoms with Crippen LogP contribution in [0.5, 0.6) is 0 Å². The third-order valence-electron chi connectivity index (χ3n) is 3.85. The monoisotopic (exact) mass is 347 g/mol. The highest BCUT2D eigenvalue weighted by Crippen LogP contribution is 2.18. The lowest BCUT2D eigenvalue weighted by Crippen LogP contribution is -2.30. The molecule has 1 atom stereocenters. The number of hydrogen-bond acceptors (Lipinski definition) is 6. The van der Waals surface area contributed by atoms with E-state index >= 15 is 0 Å². The van der Waals surface area contributed by atoms with Gasteiger partial charge in [0, 0.05) is 13.1 Å². The molecular formula is C18H25N3O4. The standard InChI is InChI=1S/C18H25N3O4/c1-3-11-24-14(2)18(23)25-13-17(22)20-15-7-8-16(19-12-15)21-9-5-4-6-10-21/h3,7-8,12,14H,1,4-6,9-11,13H2,2H3,(H,20,22). The molecule has 1 aliphatic rings. The number of carbonyl (C=O) groups excluding carboxylic acids is 2. The highest BCUT2D eigenvalue weighted by atomic mass is 16.6. The number of carbonyl (C=O) groups is 2. The summed E-state index contributed by atoms with van der Waals surface area (Å²) in [6, 6.07) is 3.69. The summed E-state index contributed by atoms with van der Waals surface area (Å²) < 4.78 is 10.1. The Labute approximate surface area is 148 Å². The van der Waals surface area contributed by atoms with Gasteiger partial charge in [0.15, 0.2) is 12.7 Å². The zero-order valence-corrected chi connectivity index (χ0v) is 14.6. The van der Waals surface area contributed by atoms with Crippen molar-refractivity contribution < 1.29 is 19.1 Å². The summed E-state index contributed by atoms with van der Waals surface area (Å²) in [5.41, 5.74) is 0.567. The van der Waals surface area contributed by atoms with Gasteiger partial charge in [-0.1, -0.05) is 6.08 Å². The second kappa shape index (κ2) is 9.78. The number of pyridine rings is 1. The molecule has 0 radical (unpaired) electrons. The van der Waals surface area contributed by atoms with Crippen LogP contribution >= 0.6 is 0 Å². The Kier molecular flexibility index (Phi) is 7.40. The van der Waals surface area contributed by atoms with E-state index in [1.165, 1.54) is 25.3 Å². The quantitative estimate of drug-likeness (QED) is 0.573. The molecule has 0 spiro atoms. The first-order valence-corrected chi connectivity index (χ1v) is 8.50. The van der Waals surface area contributed by atoms with E-state index in [1.807, 2.05) is 6.07 Å². The topological polar surface area (TPSA) is 80.8 Å². The fraction of sp³-hybridized carbons (Fsp3) is 0.500. The maximum absolute atomic E-state index is 11.9. The van der Waals surface area contributed by atoms with E-state index in [2.05, 4.69) is 21.8 Å². The summed E-state index contributed by atoms with van der Waals surface area (Å²) in [5, 5.41) is 2.66. The molecule has 2 heterocycles. The smallest absolute Gasteiger partial charge is 0.335 e. The number of ether oxygens (including phenoxy) is 2. The van der Waals surface area contributed by atoms with Crippen LogP contribution in [0.15, 0.2) is 31.0 Å². The normalized spacial score (nSPS) is 15.3. The van der Waals surface area contributed by atoms with E-state index in [4.69, 9.17) is 9.47 Å². The molecule has 136 valence electrons. The van der Waals surface area contributed by atoms with Crippen molar-refractivity contribution in [3.05, 3.63) is 31.0 Å². The average molecular weight is 347 g/mol. The van der Waals surface area contributed by atoms with E-state index in [1.54, 1.807) is 19.2 Å². The van der Waals surface area contributed by atoms with Crippen LogP contribution in [-0.2, 0) is 19.1 Å². The maximum Gasteiger partial charge on any atom is 0.335 e. The molecule has 1 aromatic rings. The summed E-state index contributed by atoms with van der Waals surface area (Å²) >= 11 is 0. The molecule has 0 aromatic carbocycles. The molecule has 0 bridgehead atoms. The molecule has 1 N–H and O–H groups in total. The van der Waals surface area contributed by atoms with Crippen LogP contribution in [0, 0.1) is 0 Å². The number of nitrogens with one attached hydrogen (secondary N) is 1. The lowest BCUT2D eigenvalue weighted by Gasteiger charge is -2.27. The number of amides is 1. The molecular weight excluding hydrogens is 322 g/mol. The zero-order valence-electron chi connectivity index (χ0n) is 14.6. The molecule has 1 aromatic heterocycles.